The third kappa shape index (κ3) is 3.15. The quantitative estimate of drug-likeness (QED) is 0.818. The Morgan fingerprint density at radius 2 is 2.33 bits per heavy atom. The fraction of sp³-hybridized carbons (Fsp3) is 0.625. The van der Waals surface area contributed by atoms with Gasteiger partial charge in [0.05, 0.1) is 11.0 Å². The first kappa shape index (κ1) is 16.9. The van der Waals surface area contributed by atoms with Gasteiger partial charge in [-0.3, -0.25) is 14.4 Å². The molecular formula is C16H22N4O3S. The summed E-state index contributed by atoms with van der Waals surface area (Å²) in [5, 5.41) is 4.88. The van der Waals surface area contributed by atoms with Crippen LogP contribution in [0.15, 0.2) is 10.9 Å². The molecule has 1 saturated heterocycles. The number of likely N-dealkylation sites (tertiary alicyclic amines) is 1. The van der Waals surface area contributed by atoms with E-state index < -0.39 is 11.8 Å². The van der Waals surface area contributed by atoms with Crippen LogP contribution in [0.1, 0.15) is 43.1 Å². The summed E-state index contributed by atoms with van der Waals surface area (Å²) in [6, 6.07) is 0. The molecule has 3 N–H and O–H groups in total. The zero-order chi connectivity index (χ0) is 17.3. The molecule has 3 amide bonds. The lowest BCUT2D eigenvalue weighted by molar-refractivity contribution is -0.130. The minimum atomic E-state index is -0.482. The molecule has 8 heteroatoms. The molecule has 1 unspecified atom stereocenters. The zero-order valence-electron chi connectivity index (χ0n) is 13.7. The molecule has 3 atom stereocenters. The van der Waals surface area contributed by atoms with Crippen LogP contribution in [0.4, 0.5) is 0 Å². The Bertz CT molecular complexity index is 648. The summed E-state index contributed by atoms with van der Waals surface area (Å²) in [4.78, 5) is 41.9. The highest BCUT2D eigenvalue weighted by molar-refractivity contribution is 7.07. The van der Waals surface area contributed by atoms with Crippen molar-refractivity contribution in [1.82, 2.24) is 15.2 Å². The first-order valence-electron chi connectivity index (χ1n) is 8.19. The molecule has 2 heterocycles. The zero-order valence-corrected chi connectivity index (χ0v) is 14.5. The lowest BCUT2D eigenvalue weighted by atomic mass is 9.89. The van der Waals surface area contributed by atoms with Crippen LogP contribution in [0.25, 0.3) is 0 Å². The molecule has 0 spiro atoms. The average molecular weight is 350 g/mol. The monoisotopic (exact) mass is 350 g/mol. The molecule has 1 aromatic rings. The maximum absolute atomic E-state index is 12.5. The third-order valence-corrected chi connectivity index (χ3v) is 5.72. The van der Waals surface area contributed by atoms with Crippen LogP contribution in [-0.4, -0.2) is 46.2 Å². The minimum Gasteiger partial charge on any atom is -0.370 e. The maximum Gasteiger partial charge on any atom is 0.273 e. The summed E-state index contributed by atoms with van der Waals surface area (Å²) < 4.78 is 0. The SMILES string of the molecule is CC(CC(N)=O)C(=O)N[C@]12CCC[C@H]1CN(C(=O)c1cscn1)C2. The summed E-state index contributed by atoms with van der Waals surface area (Å²) in [7, 11) is 0. The number of carbonyl (C=O) groups is 3. The van der Waals surface area contributed by atoms with E-state index in [4.69, 9.17) is 5.73 Å². The predicted octanol–water partition coefficient (Wildman–Crippen LogP) is 0.765. The molecule has 7 nitrogen and oxygen atoms in total. The Morgan fingerprint density at radius 3 is 3.00 bits per heavy atom. The molecule has 1 aliphatic carbocycles. The van der Waals surface area contributed by atoms with Crippen molar-refractivity contribution >= 4 is 29.1 Å². The van der Waals surface area contributed by atoms with Crippen LogP contribution in [0.3, 0.4) is 0 Å². The number of amides is 3. The second-order valence-electron chi connectivity index (χ2n) is 6.87. The van der Waals surface area contributed by atoms with Crippen LogP contribution in [-0.2, 0) is 9.59 Å². The Kier molecular flexibility index (Phi) is 4.58. The molecule has 2 aliphatic rings. The molecule has 2 fully saturated rings. The first-order chi connectivity index (χ1) is 11.4. The van der Waals surface area contributed by atoms with Crippen LogP contribution >= 0.6 is 11.3 Å². The average Bonchev–Trinajstić information content (AvgIpc) is 3.20. The molecular weight excluding hydrogens is 328 g/mol. The van der Waals surface area contributed by atoms with E-state index in [1.165, 1.54) is 11.3 Å². The molecule has 1 aliphatic heterocycles. The van der Waals surface area contributed by atoms with Crippen LogP contribution in [0, 0.1) is 11.8 Å². The maximum atomic E-state index is 12.5. The van der Waals surface area contributed by atoms with Gasteiger partial charge in [0.25, 0.3) is 5.91 Å². The van der Waals surface area contributed by atoms with E-state index >= 15 is 0 Å². The number of fused-ring (bicyclic) bond motifs is 1. The fourth-order valence-corrected chi connectivity index (χ4v) is 4.42. The normalized spacial score (nSPS) is 26.9. The largest absolute Gasteiger partial charge is 0.370 e. The van der Waals surface area contributed by atoms with Crippen molar-refractivity contribution in [3.8, 4) is 0 Å². The first-order valence-corrected chi connectivity index (χ1v) is 9.13. The van der Waals surface area contributed by atoms with Gasteiger partial charge in [-0.2, -0.15) is 0 Å². The number of hydrogen-bond acceptors (Lipinski definition) is 5. The minimum absolute atomic E-state index is 0.0358. The van der Waals surface area contributed by atoms with Gasteiger partial charge < -0.3 is 16.0 Å². The molecule has 1 saturated carbocycles. The van der Waals surface area contributed by atoms with Crippen LogP contribution < -0.4 is 11.1 Å². The van der Waals surface area contributed by atoms with E-state index in [1.54, 1.807) is 22.7 Å². The number of hydrogen-bond donors (Lipinski definition) is 2. The number of primary amides is 1. The Balaban J connectivity index is 1.70. The number of nitrogens with zero attached hydrogens (tertiary/aromatic N) is 2. The second-order valence-corrected chi connectivity index (χ2v) is 7.58. The van der Waals surface area contributed by atoms with Crippen LogP contribution in [0.2, 0.25) is 0 Å². The molecule has 0 radical (unpaired) electrons. The van der Waals surface area contributed by atoms with Gasteiger partial charge in [-0.25, -0.2) is 4.98 Å². The summed E-state index contributed by atoms with van der Waals surface area (Å²) in [5.41, 5.74) is 6.91. The summed E-state index contributed by atoms with van der Waals surface area (Å²) in [6.45, 7) is 2.84. The summed E-state index contributed by atoms with van der Waals surface area (Å²) >= 11 is 1.40. The van der Waals surface area contributed by atoms with E-state index in [-0.39, 0.29) is 29.7 Å². The Morgan fingerprint density at radius 1 is 1.54 bits per heavy atom. The van der Waals surface area contributed by atoms with Crippen molar-refractivity contribution in [3.05, 3.63) is 16.6 Å². The topological polar surface area (TPSA) is 105 Å². The van der Waals surface area contributed by atoms with E-state index in [2.05, 4.69) is 10.3 Å². The third-order valence-electron chi connectivity index (χ3n) is 5.14. The van der Waals surface area contributed by atoms with Crippen molar-refractivity contribution in [1.29, 1.82) is 0 Å². The smallest absolute Gasteiger partial charge is 0.273 e. The van der Waals surface area contributed by atoms with Gasteiger partial charge in [0.1, 0.15) is 5.69 Å². The van der Waals surface area contributed by atoms with Gasteiger partial charge in [-0.1, -0.05) is 13.3 Å². The van der Waals surface area contributed by atoms with Crippen molar-refractivity contribution in [2.24, 2.45) is 17.6 Å². The van der Waals surface area contributed by atoms with Crippen molar-refractivity contribution < 1.29 is 14.4 Å². The molecule has 24 heavy (non-hydrogen) atoms. The second kappa shape index (κ2) is 6.51. The van der Waals surface area contributed by atoms with E-state index in [0.717, 1.165) is 19.3 Å². The van der Waals surface area contributed by atoms with Gasteiger partial charge in [0.2, 0.25) is 11.8 Å². The van der Waals surface area contributed by atoms with Crippen LogP contribution in [0.5, 0.6) is 0 Å². The molecule has 3 rings (SSSR count). The highest BCUT2D eigenvalue weighted by Crippen LogP contribution is 2.42. The summed E-state index contributed by atoms with van der Waals surface area (Å²) in [6.07, 6.45) is 2.92. The summed E-state index contributed by atoms with van der Waals surface area (Å²) in [5.74, 6) is -0.927. The number of nitrogens with two attached hydrogens (primary N) is 1. The fourth-order valence-electron chi connectivity index (χ4n) is 3.89. The Hall–Kier alpha value is -1.96. The number of aromatic nitrogens is 1. The Labute approximate surface area is 144 Å². The predicted molar refractivity (Wildman–Crippen MR) is 89.2 cm³/mol. The van der Waals surface area contributed by atoms with E-state index in [9.17, 15) is 14.4 Å². The highest BCUT2D eigenvalue weighted by atomic mass is 32.1. The number of nitrogens with one attached hydrogen (secondary N) is 1. The van der Waals surface area contributed by atoms with Crippen molar-refractivity contribution in [3.63, 3.8) is 0 Å². The molecule has 130 valence electrons. The molecule has 0 aromatic carbocycles. The lowest BCUT2D eigenvalue weighted by Crippen LogP contribution is -2.54. The van der Waals surface area contributed by atoms with E-state index in [1.807, 2.05) is 0 Å². The molecule has 0 bridgehead atoms. The van der Waals surface area contributed by atoms with Crippen molar-refractivity contribution in [2.75, 3.05) is 13.1 Å². The van der Waals surface area contributed by atoms with Crippen molar-refractivity contribution in [2.45, 2.75) is 38.1 Å². The van der Waals surface area contributed by atoms with Gasteiger partial charge in [-0.05, 0) is 12.8 Å². The number of rotatable bonds is 5. The van der Waals surface area contributed by atoms with Gasteiger partial charge >= 0.3 is 0 Å². The van der Waals surface area contributed by atoms with E-state index in [0.29, 0.717) is 18.8 Å². The lowest BCUT2D eigenvalue weighted by Gasteiger charge is -2.31. The highest BCUT2D eigenvalue weighted by Gasteiger charge is 2.52. The van der Waals surface area contributed by atoms with Gasteiger partial charge in [0, 0.05) is 36.7 Å². The van der Waals surface area contributed by atoms with Gasteiger partial charge in [-0.15, -0.1) is 11.3 Å². The number of carbonyl (C=O) groups excluding carboxylic acids is 3. The number of thiazole rings is 1. The standard InChI is InChI=1S/C16H22N4O3S/c1-10(5-13(17)21)14(22)19-16-4-2-3-11(16)6-20(8-16)15(23)12-7-24-9-18-12/h7,9-11H,2-6,8H2,1H3,(H2,17,21)(H,19,22)/t10?,11-,16-/m0/s1. The van der Waals surface area contributed by atoms with Gasteiger partial charge in [0.15, 0.2) is 0 Å². The molecule has 1 aromatic heterocycles.